The molecule has 0 bridgehead atoms. The van der Waals surface area contributed by atoms with Crippen molar-refractivity contribution in [3.63, 3.8) is 0 Å². The Balaban J connectivity index is 1.66. The number of thioether (sulfide) groups is 1. The molecule has 1 amide bonds. The van der Waals surface area contributed by atoms with Crippen LogP contribution in [0.25, 0.3) is 0 Å². The lowest BCUT2D eigenvalue weighted by Gasteiger charge is -2.18. The van der Waals surface area contributed by atoms with E-state index in [9.17, 15) is 4.79 Å². The fourth-order valence-corrected chi connectivity index (χ4v) is 3.41. The van der Waals surface area contributed by atoms with Gasteiger partial charge in [0.1, 0.15) is 5.25 Å². The second kappa shape index (κ2) is 7.23. The minimum absolute atomic E-state index is 0.0559. The second-order valence-corrected chi connectivity index (χ2v) is 8.01. The lowest BCUT2D eigenvalue weighted by atomic mass is 9.87. The van der Waals surface area contributed by atoms with Gasteiger partial charge in [-0.15, -0.1) is 5.10 Å². The molecule has 0 aromatic heterocycles. The highest BCUT2D eigenvalue weighted by atomic mass is 32.2. The number of rotatable bonds is 3. The Morgan fingerprint density at radius 3 is 2.36 bits per heavy atom. The summed E-state index contributed by atoms with van der Waals surface area (Å²) in [6.07, 6.45) is 1.70. The van der Waals surface area contributed by atoms with Crippen LogP contribution >= 0.6 is 11.8 Å². The first-order valence-electron chi connectivity index (χ1n) is 8.17. The van der Waals surface area contributed by atoms with E-state index < -0.39 is 0 Å². The number of amidine groups is 1. The van der Waals surface area contributed by atoms with Gasteiger partial charge in [-0.25, -0.2) is 0 Å². The molecule has 3 rings (SSSR count). The molecule has 1 fully saturated rings. The average molecular weight is 351 g/mol. The summed E-state index contributed by atoms with van der Waals surface area (Å²) >= 11 is 1.39. The summed E-state index contributed by atoms with van der Waals surface area (Å²) < 4.78 is 0. The van der Waals surface area contributed by atoms with Gasteiger partial charge in [0.05, 0.1) is 6.21 Å². The molecule has 4 nitrogen and oxygen atoms in total. The van der Waals surface area contributed by atoms with Gasteiger partial charge >= 0.3 is 0 Å². The predicted molar refractivity (Wildman–Crippen MR) is 105 cm³/mol. The van der Waals surface area contributed by atoms with Crippen LogP contribution in [0.1, 0.15) is 42.7 Å². The summed E-state index contributed by atoms with van der Waals surface area (Å²) in [7, 11) is 0. The Morgan fingerprint density at radius 1 is 1.04 bits per heavy atom. The van der Waals surface area contributed by atoms with Crippen molar-refractivity contribution in [1.82, 2.24) is 5.32 Å². The quantitative estimate of drug-likeness (QED) is 0.663. The lowest BCUT2D eigenvalue weighted by Crippen LogP contribution is -2.21. The van der Waals surface area contributed by atoms with Gasteiger partial charge in [0, 0.05) is 0 Å². The summed E-state index contributed by atoms with van der Waals surface area (Å²) in [4.78, 5) is 12.1. The van der Waals surface area contributed by atoms with Crippen LogP contribution in [0.4, 0.5) is 0 Å². The summed E-state index contributed by atoms with van der Waals surface area (Å²) in [5.74, 6) is -0.0559. The summed E-state index contributed by atoms with van der Waals surface area (Å²) in [5, 5.41) is 11.3. The van der Waals surface area contributed by atoms with E-state index in [1.54, 1.807) is 6.21 Å². The van der Waals surface area contributed by atoms with Crippen LogP contribution in [-0.4, -0.2) is 17.3 Å². The highest BCUT2D eigenvalue weighted by molar-refractivity contribution is 8.15. The second-order valence-electron chi connectivity index (χ2n) is 6.92. The lowest BCUT2D eigenvalue weighted by molar-refractivity contribution is -0.118. The largest absolute Gasteiger partial charge is 0.302 e. The first kappa shape index (κ1) is 17.4. The molecule has 1 aliphatic rings. The van der Waals surface area contributed by atoms with Crippen molar-refractivity contribution in [3.05, 3.63) is 71.3 Å². The number of nitrogens with one attached hydrogen (secondary N) is 1. The standard InChI is InChI=1S/C20H21N3OS/c1-20(2,3)16-11-9-14(10-12-16)13-21-23-19-22-18(24)17(25-19)15-7-5-4-6-8-15/h4-13,17H,1-3H3,(H,22,23,24)/b21-13+. The van der Waals surface area contributed by atoms with Crippen LogP contribution in [0, 0.1) is 0 Å². The zero-order valence-corrected chi connectivity index (χ0v) is 15.4. The maximum Gasteiger partial charge on any atom is 0.244 e. The summed E-state index contributed by atoms with van der Waals surface area (Å²) in [6.45, 7) is 6.56. The SMILES string of the molecule is CC(C)(C)c1ccc(/C=N/N=C2\NC(=O)C(c3ccccc3)S2)cc1. The summed E-state index contributed by atoms with van der Waals surface area (Å²) in [6, 6.07) is 17.9. The Kier molecular flexibility index (Phi) is 5.04. The molecule has 0 saturated carbocycles. The van der Waals surface area contributed by atoms with Crippen LogP contribution in [0.2, 0.25) is 0 Å². The van der Waals surface area contributed by atoms with Crippen LogP contribution in [0.3, 0.4) is 0 Å². The van der Waals surface area contributed by atoms with Gasteiger partial charge in [-0.1, -0.05) is 87.1 Å². The van der Waals surface area contributed by atoms with Crippen molar-refractivity contribution < 1.29 is 4.79 Å². The van der Waals surface area contributed by atoms with Gasteiger partial charge in [-0.05, 0) is 22.1 Å². The van der Waals surface area contributed by atoms with Crippen LogP contribution in [0.15, 0.2) is 64.8 Å². The normalized spacial score (nSPS) is 19.6. The number of hydrogen-bond donors (Lipinski definition) is 1. The third-order valence-electron chi connectivity index (χ3n) is 3.93. The molecule has 5 heteroatoms. The van der Waals surface area contributed by atoms with Crippen molar-refractivity contribution in [2.75, 3.05) is 0 Å². The third kappa shape index (κ3) is 4.37. The van der Waals surface area contributed by atoms with E-state index in [1.165, 1.54) is 17.3 Å². The number of hydrogen-bond acceptors (Lipinski definition) is 4. The zero-order chi connectivity index (χ0) is 17.9. The molecule has 25 heavy (non-hydrogen) atoms. The van der Waals surface area contributed by atoms with Crippen LogP contribution < -0.4 is 5.32 Å². The van der Waals surface area contributed by atoms with E-state index in [0.29, 0.717) is 5.17 Å². The van der Waals surface area contributed by atoms with E-state index in [4.69, 9.17) is 0 Å². The smallest absolute Gasteiger partial charge is 0.244 e. The fourth-order valence-electron chi connectivity index (χ4n) is 2.48. The first-order valence-corrected chi connectivity index (χ1v) is 9.05. The number of amides is 1. The Bertz CT molecular complexity index is 805. The van der Waals surface area contributed by atoms with E-state index >= 15 is 0 Å². The third-order valence-corrected chi connectivity index (χ3v) is 5.06. The van der Waals surface area contributed by atoms with Crippen molar-refractivity contribution >= 4 is 29.1 Å². The van der Waals surface area contributed by atoms with Crippen molar-refractivity contribution in [2.45, 2.75) is 31.4 Å². The topological polar surface area (TPSA) is 53.8 Å². The van der Waals surface area contributed by atoms with E-state index in [2.05, 4.69) is 48.4 Å². The molecule has 0 radical (unpaired) electrons. The molecule has 1 unspecified atom stereocenters. The average Bonchev–Trinajstić information content (AvgIpc) is 2.96. The molecule has 1 aliphatic heterocycles. The monoisotopic (exact) mass is 351 g/mol. The molecule has 1 saturated heterocycles. The molecule has 0 spiro atoms. The Labute approximate surface area is 152 Å². The van der Waals surface area contributed by atoms with Gasteiger partial charge in [0.2, 0.25) is 5.91 Å². The van der Waals surface area contributed by atoms with Gasteiger partial charge in [-0.3, -0.25) is 4.79 Å². The molecule has 1 heterocycles. The molecule has 1 atom stereocenters. The van der Waals surface area contributed by atoms with Gasteiger partial charge < -0.3 is 5.32 Å². The van der Waals surface area contributed by atoms with Crippen LogP contribution in [-0.2, 0) is 10.2 Å². The number of nitrogens with zero attached hydrogens (tertiary/aromatic N) is 2. The van der Waals surface area contributed by atoms with Gasteiger partial charge in [0.25, 0.3) is 0 Å². The van der Waals surface area contributed by atoms with E-state index in [-0.39, 0.29) is 16.6 Å². The Morgan fingerprint density at radius 2 is 1.72 bits per heavy atom. The first-order chi connectivity index (χ1) is 11.9. The Hall–Kier alpha value is -2.40. The fraction of sp³-hybridized carbons (Fsp3) is 0.250. The molecule has 128 valence electrons. The maximum absolute atomic E-state index is 12.1. The highest BCUT2D eigenvalue weighted by Crippen LogP contribution is 2.34. The van der Waals surface area contributed by atoms with Crippen LogP contribution in [0.5, 0.6) is 0 Å². The highest BCUT2D eigenvalue weighted by Gasteiger charge is 2.31. The minimum atomic E-state index is -0.263. The van der Waals surface area contributed by atoms with Crippen molar-refractivity contribution in [3.8, 4) is 0 Å². The minimum Gasteiger partial charge on any atom is -0.302 e. The molecule has 2 aromatic carbocycles. The predicted octanol–water partition coefficient (Wildman–Crippen LogP) is 4.28. The maximum atomic E-state index is 12.1. The van der Waals surface area contributed by atoms with E-state index in [1.807, 2.05) is 42.5 Å². The number of carbonyl (C=O) groups is 1. The van der Waals surface area contributed by atoms with Gasteiger partial charge in [-0.2, -0.15) is 5.10 Å². The number of benzene rings is 2. The molecule has 0 aliphatic carbocycles. The summed E-state index contributed by atoms with van der Waals surface area (Å²) in [5.41, 5.74) is 3.36. The van der Waals surface area contributed by atoms with Gasteiger partial charge in [0.15, 0.2) is 5.17 Å². The molecular weight excluding hydrogens is 330 g/mol. The zero-order valence-electron chi connectivity index (χ0n) is 14.6. The molecular formula is C20H21N3OS. The molecule has 2 aromatic rings. The number of carbonyl (C=O) groups excluding carboxylic acids is 1. The van der Waals surface area contributed by atoms with Crippen molar-refractivity contribution in [2.24, 2.45) is 10.2 Å². The van der Waals surface area contributed by atoms with Crippen molar-refractivity contribution in [1.29, 1.82) is 0 Å². The van der Waals surface area contributed by atoms with E-state index in [0.717, 1.165) is 11.1 Å². The molecule has 1 N–H and O–H groups in total.